The summed E-state index contributed by atoms with van der Waals surface area (Å²) in [6.45, 7) is 4.61. The van der Waals surface area contributed by atoms with E-state index in [1.807, 2.05) is 18.7 Å². The van der Waals surface area contributed by atoms with Gasteiger partial charge in [-0.1, -0.05) is 11.2 Å². The fourth-order valence-corrected chi connectivity index (χ4v) is 3.72. The monoisotopic (exact) mass is 290 g/mol. The normalized spacial score (nSPS) is 18.7. The molecule has 0 aliphatic carbocycles. The second-order valence-electron chi connectivity index (χ2n) is 5.24. The zero-order valence-corrected chi connectivity index (χ0v) is 12.6. The number of thiophene rings is 1. The smallest absolute Gasteiger partial charge is 0.227 e. The van der Waals surface area contributed by atoms with E-state index in [0.717, 1.165) is 36.4 Å². The number of amides is 1. The zero-order chi connectivity index (χ0) is 14.1. The lowest BCUT2D eigenvalue weighted by molar-refractivity contribution is -0.131. The van der Waals surface area contributed by atoms with Crippen molar-refractivity contribution in [2.75, 3.05) is 6.54 Å². The first-order chi connectivity index (χ1) is 9.66. The van der Waals surface area contributed by atoms with Gasteiger partial charge in [0.25, 0.3) is 0 Å². The minimum atomic E-state index is 0.176. The molecule has 0 aromatic carbocycles. The predicted molar refractivity (Wildman–Crippen MR) is 77.7 cm³/mol. The number of nitrogens with zero attached hydrogens (tertiary/aromatic N) is 2. The van der Waals surface area contributed by atoms with Gasteiger partial charge in [0.1, 0.15) is 5.76 Å². The second kappa shape index (κ2) is 5.40. The summed E-state index contributed by atoms with van der Waals surface area (Å²) in [5, 5.41) is 6.00. The lowest BCUT2D eigenvalue weighted by atomic mass is 10.1. The number of aryl methyl sites for hydroxylation is 2. The highest BCUT2D eigenvalue weighted by Gasteiger charge is 2.31. The molecule has 4 nitrogen and oxygen atoms in total. The average Bonchev–Trinajstić information content (AvgIpc) is 3.13. The fourth-order valence-electron chi connectivity index (χ4n) is 2.85. The summed E-state index contributed by atoms with van der Waals surface area (Å²) in [5.74, 6) is 0.929. The minimum absolute atomic E-state index is 0.176. The molecule has 0 saturated carbocycles. The van der Waals surface area contributed by atoms with Gasteiger partial charge in [-0.15, -0.1) is 11.3 Å². The lowest BCUT2D eigenvalue weighted by Crippen LogP contribution is -2.31. The van der Waals surface area contributed by atoms with Crippen LogP contribution in [0.4, 0.5) is 0 Å². The third-order valence-corrected chi connectivity index (χ3v) is 4.93. The molecule has 1 saturated heterocycles. The molecule has 1 fully saturated rings. The first-order valence-electron chi connectivity index (χ1n) is 6.91. The summed E-state index contributed by atoms with van der Waals surface area (Å²) in [4.78, 5) is 15.9. The highest BCUT2D eigenvalue weighted by Crippen LogP contribution is 2.35. The van der Waals surface area contributed by atoms with Crippen LogP contribution in [0.2, 0.25) is 0 Å². The van der Waals surface area contributed by atoms with Crippen LogP contribution in [-0.4, -0.2) is 22.5 Å². The Hall–Kier alpha value is -1.62. The van der Waals surface area contributed by atoms with E-state index in [2.05, 4.69) is 22.7 Å². The van der Waals surface area contributed by atoms with Crippen molar-refractivity contribution in [3.05, 3.63) is 39.4 Å². The van der Waals surface area contributed by atoms with E-state index >= 15 is 0 Å². The summed E-state index contributed by atoms with van der Waals surface area (Å²) >= 11 is 1.73. The van der Waals surface area contributed by atoms with E-state index in [4.69, 9.17) is 4.52 Å². The van der Waals surface area contributed by atoms with Crippen molar-refractivity contribution in [1.29, 1.82) is 0 Å². The first kappa shape index (κ1) is 13.4. The van der Waals surface area contributed by atoms with Crippen LogP contribution in [0.5, 0.6) is 0 Å². The van der Waals surface area contributed by atoms with Crippen molar-refractivity contribution in [2.45, 2.75) is 39.2 Å². The van der Waals surface area contributed by atoms with Gasteiger partial charge in [-0.25, -0.2) is 0 Å². The Balaban J connectivity index is 1.77. The molecule has 20 heavy (non-hydrogen) atoms. The molecule has 0 bridgehead atoms. The maximum Gasteiger partial charge on any atom is 0.227 e. The minimum Gasteiger partial charge on any atom is -0.361 e. The predicted octanol–water partition coefficient (Wildman–Crippen LogP) is 3.26. The molecular weight excluding hydrogens is 272 g/mol. The Kier molecular flexibility index (Phi) is 3.61. The SMILES string of the molecule is Cc1noc(C)c1CC(=O)N1CCC[C@H]1c1cccs1. The number of rotatable bonds is 3. The van der Waals surface area contributed by atoms with Crippen LogP contribution in [0.15, 0.2) is 22.0 Å². The third kappa shape index (κ3) is 2.38. The van der Waals surface area contributed by atoms with Gasteiger partial charge in [-0.3, -0.25) is 4.79 Å². The Morgan fingerprint density at radius 3 is 3.05 bits per heavy atom. The standard InChI is InChI=1S/C15H18N2O2S/c1-10-12(11(2)19-16-10)9-15(18)17-7-3-5-13(17)14-6-4-8-20-14/h4,6,8,13H,3,5,7,9H2,1-2H3/t13-/m0/s1. The summed E-state index contributed by atoms with van der Waals surface area (Å²) < 4.78 is 5.14. The molecule has 1 amide bonds. The number of aromatic nitrogens is 1. The fraction of sp³-hybridized carbons (Fsp3) is 0.467. The number of hydrogen-bond donors (Lipinski definition) is 0. The number of carbonyl (C=O) groups is 1. The molecule has 106 valence electrons. The van der Waals surface area contributed by atoms with Crippen LogP contribution < -0.4 is 0 Å². The zero-order valence-electron chi connectivity index (χ0n) is 11.8. The molecule has 2 aromatic rings. The Morgan fingerprint density at radius 1 is 1.55 bits per heavy atom. The van der Waals surface area contributed by atoms with Gasteiger partial charge in [0.2, 0.25) is 5.91 Å². The van der Waals surface area contributed by atoms with Crippen molar-refractivity contribution in [3.8, 4) is 0 Å². The molecule has 2 aromatic heterocycles. The molecular formula is C15H18N2O2S. The largest absolute Gasteiger partial charge is 0.361 e. The number of hydrogen-bond acceptors (Lipinski definition) is 4. The van der Waals surface area contributed by atoms with E-state index in [9.17, 15) is 4.79 Å². The topological polar surface area (TPSA) is 46.3 Å². The van der Waals surface area contributed by atoms with Crippen molar-refractivity contribution in [3.63, 3.8) is 0 Å². The van der Waals surface area contributed by atoms with Gasteiger partial charge in [0.15, 0.2) is 0 Å². The Labute approximate surface area is 122 Å². The van der Waals surface area contributed by atoms with E-state index in [1.165, 1.54) is 4.88 Å². The quantitative estimate of drug-likeness (QED) is 0.871. The molecule has 0 spiro atoms. The molecule has 1 atom stereocenters. The van der Waals surface area contributed by atoms with Gasteiger partial charge in [0.05, 0.1) is 18.2 Å². The first-order valence-corrected chi connectivity index (χ1v) is 7.79. The summed E-state index contributed by atoms with van der Waals surface area (Å²) in [6.07, 6.45) is 2.53. The van der Waals surface area contributed by atoms with Crippen molar-refractivity contribution < 1.29 is 9.32 Å². The molecule has 5 heteroatoms. The maximum absolute atomic E-state index is 12.6. The number of likely N-dealkylation sites (tertiary alicyclic amines) is 1. The van der Waals surface area contributed by atoms with Gasteiger partial charge in [-0.05, 0) is 38.1 Å². The van der Waals surface area contributed by atoms with Gasteiger partial charge in [-0.2, -0.15) is 0 Å². The van der Waals surface area contributed by atoms with Crippen LogP contribution in [0.3, 0.4) is 0 Å². The van der Waals surface area contributed by atoms with Crippen LogP contribution in [0, 0.1) is 13.8 Å². The van der Waals surface area contributed by atoms with Crippen LogP contribution in [-0.2, 0) is 11.2 Å². The van der Waals surface area contributed by atoms with E-state index < -0.39 is 0 Å². The van der Waals surface area contributed by atoms with Crippen LogP contribution in [0.25, 0.3) is 0 Å². The summed E-state index contributed by atoms with van der Waals surface area (Å²) in [5.41, 5.74) is 1.76. The van der Waals surface area contributed by atoms with Crippen molar-refractivity contribution >= 4 is 17.2 Å². The average molecular weight is 290 g/mol. The molecule has 3 heterocycles. The summed E-state index contributed by atoms with van der Waals surface area (Å²) in [7, 11) is 0. The summed E-state index contributed by atoms with van der Waals surface area (Å²) in [6, 6.07) is 4.43. The van der Waals surface area contributed by atoms with E-state index in [1.54, 1.807) is 11.3 Å². The van der Waals surface area contributed by atoms with Gasteiger partial charge < -0.3 is 9.42 Å². The third-order valence-electron chi connectivity index (χ3n) is 3.95. The van der Waals surface area contributed by atoms with E-state index in [0.29, 0.717) is 6.42 Å². The highest BCUT2D eigenvalue weighted by atomic mass is 32.1. The molecule has 0 N–H and O–H groups in total. The highest BCUT2D eigenvalue weighted by molar-refractivity contribution is 7.10. The molecule has 3 rings (SSSR count). The van der Waals surface area contributed by atoms with Crippen LogP contribution in [0.1, 0.15) is 40.8 Å². The van der Waals surface area contributed by atoms with Crippen LogP contribution >= 0.6 is 11.3 Å². The molecule has 0 unspecified atom stereocenters. The second-order valence-corrected chi connectivity index (χ2v) is 6.22. The molecule has 0 radical (unpaired) electrons. The Bertz CT molecular complexity index is 584. The Morgan fingerprint density at radius 2 is 2.40 bits per heavy atom. The maximum atomic E-state index is 12.6. The van der Waals surface area contributed by atoms with Crippen molar-refractivity contribution in [2.24, 2.45) is 0 Å². The van der Waals surface area contributed by atoms with Crippen molar-refractivity contribution in [1.82, 2.24) is 10.1 Å². The van der Waals surface area contributed by atoms with Gasteiger partial charge in [0, 0.05) is 17.0 Å². The lowest BCUT2D eigenvalue weighted by Gasteiger charge is -2.24. The number of carbonyl (C=O) groups excluding carboxylic acids is 1. The molecule has 1 aliphatic heterocycles. The molecule has 1 aliphatic rings. The van der Waals surface area contributed by atoms with E-state index in [-0.39, 0.29) is 11.9 Å². The van der Waals surface area contributed by atoms with Gasteiger partial charge >= 0.3 is 0 Å².